The van der Waals surface area contributed by atoms with Crippen LogP contribution in [0.25, 0.3) is 65.6 Å². The van der Waals surface area contributed by atoms with Crippen LogP contribution in [0.3, 0.4) is 0 Å². The van der Waals surface area contributed by atoms with Crippen LogP contribution >= 0.6 is 0 Å². The SMILES string of the molecule is Cc1cc(C)c(B(c2ccc(-c3ccc4nc(-c5ccc(F)cc5)c5c6ccccc6c6ccccc6c5c4c3)cc2)c2c(C)cc(C)cc2C)c(C)c1. The minimum absolute atomic E-state index is 0.120. The van der Waals surface area contributed by atoms with E-state index in [0.29, 0.717) is 0 Å². The quantitative estimate of drug-likeness (QED) is 0.129. The molecule has 0 fully saturated rings. The number of fused-ring (bicyclic) bond motifs is 8. The van der Waals surface area contributed by atoms with Crippen molar-refractivity contribution in [2.75, 3.05) is 0 Å². The van der Waals surface area contributed by atoms with E-state index in [9.17, 15) is 4.39 Å². The molecule has 0 radical (unpaired) electrons. The van der Waals surface area contributed by atoms with Gasteiger partial charge in [-0.15, -0.1) is 0 Å². The monoisotopic (exact) mass is 697 g/mol. The number of pyridine rings is 1. The third-order valence-electron chi connectivity index (χ3n) is 11.4. The normalized spacial score (nSPS) is 11.6. The molecule has 0 aliphatic heterocycles. The smallest absolute Gasteiger partial charge is 0.242 e. The maximum atomic E-state index is 14.2. The first kappa shape index (κ1) is 33.8. The van der Waals surface area contributed by atoms with Crippen LogP contribution in [-0.2, 0) is 0 Å². The molecule has 54 heavy (non-hydrogen) atoms. The molecule has 0 N–H and O–H groups in total. The molecule has 0 amide bonds. The third kappa shape index (κ3) is 5.58. The lowest BCUT2D eigenvalue weighted by atomic mass is 9.34. The standard InChI is InChI=1S/C51H41BFN/c1-30-25-32(3)49(33(4)26-30)52(50-34(5)27-31(2)28-35(50)6)39-20-15-36(16-21-39)38-19-24-46-45(29-38)47-43-13-9-7-11-41(43)42-12-8-10-14-44(42)48(47)51(54-46)37-17-22-40(53)23-18-37/h7-29H,1-6H3. The van der Waals surface area contributed by atoms with E-state index >= 15 is 0 Å². The number of hydrogen-bond donors (Lipinski definition) is 0. The Labute approximate surface area is 317 Å². The number of rotatable bonds is 5. The van der Waals surface area contributed by atoms with Crippen LogP contribution in [0.2, 0.25) is 0 Å². The summed E-state index contributed by atoms with van der Waals surface area (Å²) in [6, 6.07) is 49.2. The minimum atomic E-state index is -0.255. The van der Waals surface area contributed by atoms with Crippen molar-refractivity contribution in [3.8, 4) is 22.4 Å². The van der Waals surface area contributed by atoms with E-state index in [1.165, 1.54) is 83.4 Å². The Bertz CT molecular complexity index is 2840. The van der Waals surface area contributed by atoms with Crippen LogP contribution in [0.5, 0.6) is 0 Å². The van der Waals surface area contributed by atoms with E-state index < -0.39 is 0 Å². The van der Waals surface area contributed by atoms with Gasteiger partial charge in [0.15, 0.2) is 0 Å². The predicted molar refractivity (Wildman–Crippen MR) is 231 cm³/mol. The first-order valence-electron chi connectivity index (χ1n) is 18.8. The Morgan fingerprint density at radius 2 is 0.889 bits per heavy atom. The summed E-state index contributed by atoms with van der Waals surface area (Å²) in [4.78, 5) is 5.32. The van der Waals surface area contributed by atoms with E-state index in [-0.39, 0.29) is 12.5 Å². The second-order valence-corrected chi connectivity index (χ2v) is 15.2. The Morgan fingerprint density at radius 3 is 1.43 bits per heavy atom. The molecule has 1 nitrogen and oxygen atoms in total. The number of benzene rings is 8. The zero-order valence-electron chi connectivity index (χ0n) is 31.7. The van der Waals surface area contributed by atoms with Gasteiger partial charge in [-0.1, -0.05) is 153 Å². The fraction of sp³-hybridized carbons (Fsp3) is 0.118. The average Bonchev–Trinajstić information content (AvgIpc) is 3.16. The van der Waals surface area contributed by atoms with Crippen LogP contribution in [0.1, 0.15) is 33.4 Å². The maximum Gasteiger partial charge on any atom is 0.242 e. The molecule has 1 aromatic heterocycles. The van der Waals surface area contributed by atoms with Gasteiger partial charge >= 0.3 is 0 Å². The van der Waals surface area contributed by atoms with Gasteiger partial charge in [-0.2, -0.15) is 0 Å². The van der Waals surface area contributed by atoms with Crippen molar-refractivity contribution in [2.24, 2.45) is 0 Å². The van der Waals surface area contributed by atoms with Crippen molar-refractivity contribution in [2.45, 2.75) is 41.5 Å². The Hall–Kier alpha value is -6.06. The molecule has 1 heterocycles. The molecule has 8 aromatic carbocycles. The molecule has 0 atom stereocenters. The van der Waals surface area contributed by atoms with Gasteiger partial charge in [0.05, 0.1) is 11.2 Å². The minimum Gasteiger partial charge on any atom is -0.247 e. The van der Waals surface area contributed by atoms with Gasteiger partial charge in [0.1, 0.15) is 5.82 Å². The Morgan fingerprint density at radius 1 is 0.426 bits per heavy atom. The van der Waals surface area contributed by atoms with Crippen molar-refractivity contribution >= 4 is 66.3 Å². The molecule has 260 valence electrons. The maximum absolute atomic E-state index is 14.2. The molecule has 0 saturated carbocycles. The van der Waals surface area contributed by atoms with Gasteiger partial charge in [-0.25, -0.2) is 9.37 Å². The van der Waals surface area contributed by atoms with Gasteiger partial charge < -0.3 is 0 Å². The highest BCUT2D eigenvalue weighted by molar-refractivity contribution is 6.96. The fourth-order valence-electron chi connectivity index (χ4n) is 9.31. The van der Waals surface area contributed by atoms with Crippen molar-refractivity contribution in [1.82, 2.24) is 4.98 Å². The molecular formula is C51H41BFN. The highest BCUT2D eigenvalue weighted by Crippen LogP contribution is 2.43. The zero-order valence-corrected chi connectivity index (χ0v) is 31.7. The van der Waals surface area contributed by atoms with E-state index in [0.717, 1.165) is 44.1 Å². The lowest BCUT2D eigenvalue weighted by Crippen LogP contribution is -2.55. The van der Waals surface area contributed by atoms with Crippen molar-refractivity contribution in [3.05, 3.63) is 179 Å². The highest BCUT2D eigenvalue weighted by Gasteiger charge is 2.28. The summed E-state index contributed by atoms with van der Waals surface area (Å²) < 4.78 is 14.2. The molecule has 0 saturated heterocycles. The summed E-state index contributed by atoms with van der Waals surface area (Å²) in [7, 11) is 0. The summed E-state index contributed by atoms with van der Waals surface area (Å²) in [6.07, 6.45) is 0. The fourth-order valence-corrected chi connectivity index (χ4v) is 9.31. The Balaban J connectivity index is 1.26. The van der Waals surface area contributed by atoms with Gasteiger partial charge in [0, 0.05) is 21.7 Å². The second-order valence-electron chi connectivity index (χ2n) is 15.2. The van der Waals surface area contributed by atoms with Crippen LogP contribution in [0.15, 0.2) is 140 Å². The zero-order chi connectivity index (χ0) is 37.2. The van der Waals surface area contributed by atoms with Crippen LogP contribution in [-0.4, -0.2) is 11.7 Å². The summed E-state index contributed by atoms with van der Waals surface area (Å²) in [5, 5.41) is 8.09. The van der Waals surface area contributed by atoms with Gasteiger partial charge in [-0.3, -0.25) is 0 Å². The molecule has 0 unspecified atom stereocenters. The summed E-state index contributed by atoms with van der Waals surface area (Å²) in [6.45, 7) is 13.5. The predicted octanol–water partition coefficient (Wildman–Crippen LogP) is 11.5. The molecule has 9 rings (SSSR count). The summed E-state index contributed by atoms with van der Waals surface area (Å²) >= 11 is 0. The van der Waals surface area contributed by atoms with Gasteiger partial charge in [-0.05, 0) is 111 Å². The molecule has 0 aliphatic carbocycles. The number of nitrogens with zero attached hydrogens (tertiary/aromatic N) is 1. The molecule has 0 bridgehead atoms. The van der Waals surface area contributed by atoms with Crippen LogP contribution < -0.4 is 16.4 Å². The van der Waals surface area contributed by atoms with Gasteiger partial charge in [0.2, 0.25) is 6.71 Å². The highest BCUT2D eigenvalue weighted by atomic mass is 19.1. The molecular weight excluding hydrogens is 656 g/mol. The lowest BCUT2D eigenvalue weighted by molar-refractivity contribution is 0.628. The van der Waals surface area contributed by atoms with Crippen molar-refractivity contribution < 1.29 is 4.39 Å². The number of hydrogen-bond acceptors (Lipinski definition) is 1. The molecule has 9 aromatic rings. The first-order valence-corrected chi connectivity index (χ1v) is 18.8. The lowest BCUT2D eigenvalue weighted by Gasteiger charge is -2.25. The van der Waals surface area contributed by atoms with Gasteiger partial charge in [0.25, 0.3) is 0 Å². The molecule has 0 spiro atoms. The molecule has 0 aliphatic rings. The van der Waals surface area contributed by atoms with Crippen LogP contribution in [0, 0.1) is 47.4 Å². The summed E-state index contributed by atoms with van der Waals surface area (Å²) in [5.41, 5.74) is 17.0. The topological polar surface area (TPSA) is 12.9 Å². The van der Waals surface area contributed by atoms with Crippen LogP contribution in [0.4, 0.5) is 4.39 Å². The molecule has 3 heteroatoms. The average molecular weight is 698 g/mol. The van der Waals surface area contributed by atoms with E-state index in [1.807, 2.05) is 12.1 Å². The van der Waals surface area contributed by atoms with E-state index in [1.54, 1.807) is 0 Å². The summed E-state index contributed by atoms with van der Waals surface area (Å²) in [5.74, 6) is -0.255. The number of aromatic nitrogens is 1. The first-order chi connectivity index (χ1) is 26.2. The van der Waals surface area contributed by atoms with E-state index in [4.69, 9.17) is 4.98 Å². The number of aryl methyl sites for hydroxylation is 6. The van der Waals surface area contributed by atoms with E-state index in [2.05, 4.69) is 157 Å². The third-order valence-corrected chi connectivity index (χ3v) is 11.4. The number of halogens is 1. The largest absolute Gasteiger partial charge is 0.247 e. The van der Waals surface area contributed by atoms with Crippen molar-refractivity contribution in [3.63, 3.8) is 0 Å². The Kier molecular flexibility index (Phi) is 8.20. The second kappa shape index (κ2) is 13.1. The van der Waals surface area contributed by atoms with Crippen molar-refractivity contribution in [1.29, 1.82) is 0 Å².